The van der Waals surface area contributed by atoms with Crippen molar-refractivity contribution in [3.8, 4) is 0 Å². The molecule has 1 aliphatic heterocycles. The van der Waals surface area contributed by atoms with Crippen molar-refractivity contribution in [2.24, 2.45) is 0 Å². The SMILES string of the molecule is O=C(CCCCCN1C(=O)CCC1=O)Nc1cc(Cl)ccc1Cl. The fourth-order valence-electron chi connectivity index (χ4n) is 2.41. The number of unbranched alkanes of at least 4 members (excludes halogenated alkanes) is 2. The summed E-state index contributed by atoms with van der Waals surface area (Å²) >= 11 is 11.8. The Morgan fingerprint density at radius 3 is 2.48 bits per heavy atom. The largest absolute Gasteiger partial charge is 0.325 e. The quantitative estimate of drug-likeness (QED) is 0.598. The van der Waals surface area contributed by atoms with Crippen LogP contribution in [0.2, 0.25) is 10.0 Å². The van der Waals surface area contributed by atoms with Gasteiger partial charge >= 0.3 is 0 Å². The van der Waals surface area contributed by atoms with Crippen LogP contribution in [0.15, 0.2) is 18.2 Å². The summed E-state index contributed by atoms with van der Waals surface area (Å²) in [6, 6.07) is 4.89. The van der Waals surface area contributed by atoms with Crippen molar-refractivity contribution in [1.82, 2.24) is 4.90 Å². The molecule has 0 bridgehead atoms. The lowest BCUT2D eigenvalue weighted by Gasteiger charge is -2.13. The van der Waals surface area contributed by atoms with Crippen LogP contribution in [0.4, 0.5) is 5.69 Å². The van der Waals surface area contributed by atoms with Gasteiger partial charge in [-0.25, -0.2) is 0 Å². The van der Waals surface area contributed by atoms with Crippen LogP contribution in [-0.2, 0) is 14.4 Å². The molecule has 5 nitrogen and oxygen atoms in total. The zero-order chi connectivity index (χ0) is 16.8. The van der Waals surface area contributed by atoms with E-state index in [1.807, 2.05) is 0 Å². The summed E-state index contributed by atoms with van der Waals surface area (Å²) in [5.41, 5.74) is 0.498. The normalized spacial score (nSPS) is 14.4. The first-order chi connectivity index (χ1) is 11.0. The van der Waals surface area contributed by atoms with Crippen LogP contribution in [0.5, 0.6) is 0 Å². The molecule has 0 aliphatic carbocycles. The Morgan fingerprint density at radius 1 is 1.09 bits per heavy atom. The average Bonchev–Trinajstić information content (AvgIpc) is 2.82. The van der Waals surface area contributed by atoms with E-state index < -0.39 is 0 Å². The molecule has 1 aromatic carbocycles. The molecule has 0 saturated carbocycles. The molecule has 0 aromatic heterocycles. The number of likely N-dealkylation sites (tertiary alicyclic amines) is 1. The number of hydrogen-bond donors (Lipinski definition) is 1. The van der Waals surface area contributed by atoms with Gasteiger partial charge in [-0.1, -0.05) is 29.6 Å². The molecule has 124 valence electrons. The van der Waals surface area contributed by atoms with Crippen molar-refractivity contribution in [2.45, 2.75) is 38.5 Å². The number of benzene rings is 1. The second-order valence-corrected chi connectivity index (χ2v) is 6.27. The van der Waals surface area contributed by atoms with E-state index in [1.165, 1.54) is 4.90 Å². The molecule has 0 spiro atoms. The number of nitrogens with one attached hydrogen (secondary N) is 1. The van der Waals surface area contributed by atoms with Crippen molar-refractivity contribution >= 4 is 46.6 Å². The Bertz CT molecular complexity index is 603. The van der Waals surface area contributed by atoms with E-state index in [-0.39, 0.29) is 17.7 Å². The minimum atomic E-state index is -0.137. The van der Waals surface area contributed by atoms with Crippen LogP contribution in [0.25, 0.3) is 0 Å². The Kier molecular flexibility index (Phi) is 6.42. The molecule has 1 fully saturated rings. The van der Waals surface area contributed by atoms with Crippen molar-refractivity contribution in [3.05, 3.63) is 28.2 Å². The number of hydrogen-bond acceptors (Lipinski definition) is 3. The molecule has 3 amide bonds. The Morgan fingerprint density at radius 2 is 1.78 bits per heavy atom. The minimum absolute atomic E-state index is 0.0941. The highest BCUT2D eigenvalue weighted by molar-refractivity contribution is 6.35. The van der Waals surface area contributed by atoms with Crippen LogP contribution in [0.3, 0.4) is 0 Å². The van der Waals surface area contributed by atoms with Crippen LogP contribution in [-0.4, -0.2) is 29.2 Å². The Balaban J connectivity index is 1.66. The first-order valence-corrected chi connectivity index (χ1v) is 8.31. The van der Waals surface area contributed by atoms with Gasteiger partial charge < -0.3 is 5.32 Å². The summed E-state index contributed by atoms with van der Waals surface area (Å²) in [5.74, 6) is -0.325. The maximum atomic E-state index is 11.9. The zero-order valence-corrected chi connectivity index (χ0v) is 14.1. The van der Waals surface area contributed by atoms with Crippen LogP contribution < -0.4 is 5.32 Å². The highest BCUT2D eigenvalue weighted by atomic mass is 35.5. The Labute approximate surface area is 144 Å². The van der Waals surface area contributed by atoms with E-state index in [4.69, 9.17) is 23.2 Å². The molecule has 1 heterocycles. The van der Waals surface area contributed by atoms with Gasteiger partial charge in [0.25, 0.3) is 0 Å². The van der Waals surface area contributed by atoms with Gasteiger partial charge in [0.2, 0.25) is 17.7 Å². The molecular weight excluding hydrogens is 339 g/mol. The lowest BCUT2D eigenvalue weighted by atomic mass is 10.1. The molecule has 1 saturated heterocycles. The number of carbonyl (C=O) groups excluding carboxylic acids is 3. The number of halogens is 2. The molecule has 0 radical (unpaired) electrons. The highest BCUT2D eigenvalue weighted by Gasteiger charge is 2.27. The van der Waals surface area contributed by atoms with E-state index in [1.54, 1.807) is 18.2 Å². The number of anilines is 1. The molecule has 0 atom stereocenters. The lowest BCUT2D eigenvalue weighted by molar-refractivity contribution is -0.138. The summed E-state index contributed by atoms with van der Waals surface area (Å²) < 4.78 is 0. The van der Waals surface area contributed by atoms with E-state index in [0.29, 0.717) is 54.4 Å². The van der Waals surface area contributed by atoms with Crippen molar-refractivity contribution < 1.29 is 14.4 Å². The first-order valence-electron chi connectivity index (χ1n) is 7.55. The summed E-state index contributed by atoms with van der Waals surface area (Å²) in [7, 11) is 0. The van der Waals surface area contributed by atoms with E-state index in [0.717, 1.165) is 6.42 Å². The summed E-state index contributed by atoms with van der Waals surface area (Å²) in [5, 5.41) is 3.67. The molecule has 2 rings (SSSR count). The van der Waals surface area contributed by atoms with Crippen LogP contribution in [0.1, 0.15) is 38.5 Å². The van der Waals surface area contributed by atoms with E-state index in [2.05, 4.69) is 5.32 Å². The van der Waals surface area contributed by atoms with E-state index >= 15 is 0 Å². The first kappa shape index (κ1) is 17.8. The van der Waals surface area contributed by atoms with Gasteiger partial charge in [-0.3, -0.25) is 19.3 Å². The fourth-order valence-corrected chi connectivity index (χ4v) is 2.75. The minimum Gasteiger partial charge on any atom is -0.325 e. The highest BCUT2D eigenvalue weighted by Crippen LogP contribution is 2.25. The summed E-state index contributed by atoms with van der Waals surface area (Å²) in [6.07, 6.45) is 3.16. The van der Waals surface area contributed by atoms with Crippen molar-refractivity contribution in [1.29, 1.82) is 0 Å². The third-order valence-corrected chi connectivity index (χ3v) is 4.21. The monoisotopic (exact) mass is 356 g/mol. The molecule has 1 aliphatic rings. The second-order valence-electron chi connectivity index (χ2n) is 5.42. The third kappa shape index (κ3) is 5.22. The molecule has 0 unspecified atom stereocenters. The molecule has 1 N–H and O–H groups in total. The fraction of sp³-hybridized carbons (Fsp3) is 0.438. The average molecular weight is 357 g/mol. The van der Waals surface area contributed by atoms with Crippen molar-refractivity contribution in [2.75, 3.05) is 11.9 Å². The van der Waals surface area contributed by atoms with Gasteiger partial charge in [0.05, 0.1) is 10.7 Å². The number of imide groups is 1. The number of rotatable bonds is 7. The summed E-state index contributed by atoms with van der Waals surface area (Å²) in [4.78, 5) is 36.1. The summed E-state index contributed by atoms with van der Waals surface area (Å²) in [6.45, 7) is 0.444. The topological polar surface area (TPSA) is 66.5 Å². The molecular formula is C16H18Cl2N2O3. The van der Waals surface area contributed by atoms with Gasteiger partial charge in [-0.05, 0) is 31.0 Å². The predicted octanol–water partition coefficient (Wildman–Crippen LogP) is 3.64. The van der Waals surface area contributed by atoms with Gasteiger partial charge in [0.1, 0.15) is 0 Å². The third-order valence-electron chi connectivity index (χ3n) is 3.64. The predicted molar refractivity (Wildman–Crippen MR) is 89.5 cm³/mol. The van der Waals surface area contributed by atoms with Crippen LogP contribution >= 0.6 is 23.2 Å². The zero-order valence-electron chi connectivity index (χ0n) is 12.6. The van der Waals surface area contributed by atoms with Gasteiger partial charge in [-0.15, -0.1) is 0 Å². The van der Waals surface area contributed by atoms with Crippen molar-refractivity contribution in [3.63, 3.8) is 0 Å². The van der Waals surface area contributed by atoms with Gasteiger partial charge in [0, 0.05) is 30.8 Å². The van der Waals surface area contributed by atoms with Gasteiger partial charge in [0.15, 0.2) is 0 Å². The lowest BCUT2D eigenvalue weighted by Crippen LogP contribution is -2.29. The standard InChI is InChI=1S/C16H18Cl2N2O3/c17-11-5-6-12(18)13(10-11)19-14(21)4-2-1-3-9-20-15(22)7-8-16(20)23/h5-6,10H,1-4,7-9H2,(H,19,21). The molecule has 7 heteroatoms. The van der Waals surface area contributed by atoms with E-state index in [9.17, 15) is 14.4 Å². The molecule has 1 aromatic rings. The smallest absolute Gasteiger partial charge is 0.229 e. The van der Waals surface area contributed by atoms with Gasteiger partial charge in [-0.2, -0.15) is 0 Å². The Hall–Kier alpha value is -1.59. The number of carbonyl (C=O) groups is 3. The maximum Gasteiger partial charge on any atom is 0.229 e. The number of amides is 3. The maximum absolute atomic E-state index is 11.9. The number of nitrogens with zero attached hydrogens (tertiary/aromatic N) is 1. The van der Waals surface area contributed by atoms with Crippen LogP contribution in [0, 0.1) is 0 Å². The second kappa shape index (κ2) is 8.31. The molecule has 23 heavy (non-hydrogen) atoms.